The highest BCUT2D eigenvalue weighted by Gasteiger charge is 2.24. The van der Waals surface area contributed by atoms with Crippen molar-refractivity contribution in [2.45, 2.75) is 30.6 Å². The highest BCUT2D eigenvalue weighted by atomic mass is 32.2. The van der Waals surface area contributed by atoms with Gasteiger partial charge in [-0.15, -0.1) is 0 Å². The molecule has 1 heterocycles. The summed E-state index contributed by atoms with van der Waals surface area (Å²) in [4.78, 5) is 11.6. The molecule has 0 radical (unpaired) electrons. The average Bonchev–Trinajstić information content (AvgIpc) is 2.86. The van der Waals surface area contributed by atoms with Crippen LogP contribution in [-0.4, -0.2) is 52.7 Å². The second-order valence-electron chi connectivity index (χ2n) is 9.08. The van der Waals surface area contributed by atoms with E-state index in [1.165, 1.54) is 7.11 Å². The van der Waals surface area contributed by atoms with E-state index in [2.05, 4.69) is 15.0 Å². The Labute approximate surface area is 201 Å². The van der Waals surface area contributed by atoms with Crippen LogP contribution in [0.3, 0.4) is 0 Å². The Kier molecular flexibility index (Phi) is 7.53. The van der Waals surface area contributed by atoms with E-state index in [0.717, 1.165) is 48.9 Å². The number of rotatable bonds is 9. The maximum absolute atomic E-state index is 12.6. The molecule has 8 nitrogen and oxygen atoms in total. The largest absolute Gasteiger partial charge is 0.497 e. The normalized spacial score (nSPS) is 18.6. The number of ether oxygens (including phenoxy) is 1. The Morgan fingerprint density at radius 1 is 0.971 bits per heavy atom. The molecule has 0 aliphatic heterocycles. The van der Waals surface area contributed by atoms with Gasteiger partial charge in [-0.25, -0.2) is 18.1 Å². The first-order chi connectivity index (χ1) is 16.4. The molecule has 2 N–H and O–H groups in total. The molecule has 0 amide bonds. The van der Waals surface area contributed by atoms with E-state index in [0.29, 0.717) is 30.1 Å². The summed E-state index contributed by atoms with van der Waals surface area (Å²) in [7, 11) is 1.96. The number of para-hydroxylation sites is 1. The van der Waals surface area contributed by atoms with Crippen molar-refractivity contribution in [1.29, 1.82) is 0 Å². The van der Waals surface area contributed by atoms with Crippen LogP contribution in [0.25, 0.3) is 10.9 Å². The highest BCUT2D eigenvalue weighted by Crippen LogP contribution is 2.30. The van der Waals surface area contributed by atoms with Crippen LogP contribution in [0.2, 0.25) is 0 Å². The molecule has 1 aliphatic carbocycles. The predicted octanol–water partition coefficient (Wildman–Crippen LogP) is 3.90. The molecule has 1 aromatic heterocycles. The Morgan fingerprint density at radius 2 is 1.68 bits per heavy atom. The van der Waals surface area contributed by atoms with Crippen LogP contribution in [0.15, 0.2) is 53.4 Å². The van der Waals surface area contributed by atoms with Gasteiger partial charge in [0.1, 0.15) is 11.6 Å². The van der Waals surface area contributed by atoms with Crippen LogP contribution in [0, 0.1) is 11.8 Å². The van der Waals surface area contributed by atoms with Gasteiger partial charge in [-0.05, 0) is 61.8 Å². The third-order valence-electron chi connectivity index (χ3n) is 6.44. The molecule has 3 aromatic rings. The van der Waals surface area contributed by atoms with Crippen molar-refractivity contribution < 1.29 is 13.2 Å². The maximum atomic E-state index is 12.6. The van der Waals surface area contributed by atoms with E-state index in [-0.39, 0.29) is 4.90 Å². The summed E-state index contributed by atoms with van der Waals surface area (Å²) in [6.07, 6.45) is 4.09. The molecule has 1 saturated carbocycles. The first-order valence-electron chi connectivity index (χ1n) is 11.7. The highest BCUT2D eigenvalue weighted by molar-refractivity contribution is 7.89. The van der Waals surface area contributed by atoms with Gasteiger partial charge in [0.15, 0.2) is 0 Å². The number of nitrogens with zero attached hydrogens (tertiary/aromatic N) is 3. The van der Waals surface area contributed by atoms with E-state index in [4.69, 9.17) is 9.72 Å². The number of hydrogen-bond donors (Lipinski definition) is 2. The van der Waals surface area contributed by atoms with Crippen LogP contribution in [0.1, 0.15) is 25.7 Å². The van der Waals surface area contributed by atoms with Gasteiger partial charge < -0.3 is 15.0 Å². The second-order valence-corrected chi connectivity index (χ2v) is 10.8. The van der Waals surface area contributed by atoms with E-state index in [1.54, 1.807) is 24.3 Å². The molecule has 9 heteroatoms. The molecule has 0 spiro atoms. The first-order valence-corrected chi connectivity index (χ1v) is 13.2. The van der Waals surface area contributed by atoms with Crippen molar-refractivity contribution in [3.63, 3.8) is 0 Å². The fourth-order valence-electron chi connectivity index (χ4n) is 4.43. The minimum Gasteiger partial charge on any atom is -0.497 e. The summed E-state index contributed by atoms with van der Waals surface area (Å²) < 4.78 is 33.2. The molecular weight excluding hydrogens is 450 g/mol. The smallest absolute Gasteiger partial charge is 0.240 e. The molecule has 182 valence electrons. The Hall–Kier alpha value is -2.91. The van der Waals surface area contributed by atoms with Gasteiger partial charge >= 0.3 is 0 Å². The monoisotopic (exact) mass is 483 g/mol. The zero-order valence-electron chi connectivity index (χ0n) is 20.0. The van der Waals surface area contributed by atoms with Crippen LogP contribution in [0.4, 0.5) is 11.8 Å². The standard InChI is InChI=1S/C25H33N5O3S/c1-30(2)24-22-9-4-5-10-23(22)28-25(29-24)26-16-18-11-13-19(14-12-18)17-27-34(31,32)21-8-6-7-20(15-21)33-3/h4-10,15,18-19,27H,11-14,16-17H2,1-3H3,(H,26,28,29)/t18-,19-. The summed E-state index contributed by atoms with van der Waals surface area (Å²) in [5, 5.41) is 4.47. The summed E-state index contributed by atoms with van der Waals surface area (Å²) in [6.45, 7) is 1.27. The minimum atomic E-state index is -3.54. The molecule has 0 bridgehead atoms. The third-order valence-corrected chi connectivity index (χ3v) is 7.86. The third kappa shape index (κ3) is 5.77. The number of benzene rings is 2. The zero-order chi connectivity index (χ0) is 24.1. The summed E-state index contributed by atoms with van der Waals surface area (Å²) in [5.41, 5.74) is 0.927. The SMILES string of the molecule is COc1cccc(S(=O)(=O)NC[C@H]2CC[C@H](CNc3nc(N(C)C)c4ccccc4n3)CC2)c1. The lowest BCUT2D eigenvalue weighted by atomic mass is 9.82. The molecule has 1 aliphatic rings. The van der Waals surface area contributed by atoms with E-state index >= 15 is 0 Å². The molecule has 4 rings (SSSR count). The number of hydrogen-bond acceptors (Lipinski definition) is 7. The van der Waals surface area contributed by atoms with Gasteiger partial charge in [0, 0.05) is 38.6 Å². The molecule has 2 aromatic carbocycles. The van der Waals surface area contributed by atoms with Crippen molar-refractivity contribution in [3.05, 3.63) is 48.5 Å². The number of nitrogens with one attached hydrogen (secondary N) is 2. The van der Waals surface area contributed by atoms with Gasteiger partial charge in [-0.2, -0.15) is 4.98 Å². The number of fused-ring (bicyclic) bond motifs is 1. The van der Waals surface area contributed by atoms with Crippen LogP contribution < -0.4 is 19.7 Å². The van der Waals surface area contributed by atoms with E-state index < -0.39 is 10.0 Å². The van der Waals surface area contributed by atoms with Gasteiger partial charge in [0.2, 0.25) is 16.0 Å². The summed E-state index contributed by atoms with van der Waals surface area (Å²) in [5.74, 6) is 2.94. The first kappa shape index (κ1) is 24.2. The lowest BCUT2D eigenvalue weighted by Gasteiger charge is -2.28. The lowest BCUT2D eigenvalue weighted by Crippen LogP contribution is -2.32. The lowest BCUT2D eigenvalue weighted by molar-refractivity contribution is 0.284. The quantitative estimate of drug-likeness (QED) is 0.476. The molecule has 0 saturated heterocycles. The number of sulfonamides is 1. The summed E-state index contributed by atoms with van der Waals surface area (Å²) >= 11 is 0. The topological polar surface area (TPSA) is 96.5 Å². The minimum absolute atomic E-state index is 0.234. The molecule has 0 atom stereocenters. The molecule has 0 unspecified atom stereocenters. The fourth-order valence-corrected chi connectivity index (χ4v) is 5.59. The van der Waals surface area contributed by atoms with Crippen molar-refractivity contribution in [3.8, 4) is 5.75 Å². The summed E-state index contributed by atoms with van der Waals surface area (Å²) in [6, 6.07) is 14.6. The Morgan fingerprint density at radius 3 is 2.38 bits per heavy atom. The van der Waals surface area contributed by atoms with Gasteiger partial charge in [0.25, 0.3) is 0 Å². The van der Waals surface area contributed by atoms with Crippen LogP contribution in [0.5, 0.6) is 5.75 Å². The number of methoxy groups -OCH3 is 1. The fraction of sp³-hybridized carbons (Fsp3) is 0.440. The number of aromatic nitrogens is 2. The van der Waals surface area contributed by atoms with Crippen molar-refractivity contribution in [2.75, 3.05) is 44.5 Å². The molecular formula is C25H33N5O3S. The van der Waals surface area contributed by atoms with Crippen molar-refractivity contribution in [2.24, 2.45) is 11.8 Å². The second kappa shape index (κ2) is 10.6. The Balaban J connectivity index is 1.28. The van der Waals surface area contributed by atoms with E-state index in [9.17, 15) is 8.42 Å². The molecule has 1 fully saturated rings. The molecule has 34 heavy (non-hydrogen) atoms. The van der Waals surface area contributed by atoms with Crippen LogP contribution in [-0.2, 0) is 10.0 Å². The average molecular weight is 484 g/mol. The Bertz CT molecular complexity index is 1220. The van der Waals surface area contributed by atoms with Crippen molar-refractivity contribution in [1.82, 2.24) is 14.7 Å². The van der Waals surface area contributed by atoms with Gasteiger partial charge in [-0.3, -0.25) is 0 Å². The number of anilines is 2. The zero-order valence-corrected chi connectivity index (χ0v) is 20.8. The predicted molar refractivity (Wildman–Crippen MR) is 136 cm³/mol. The van der Waals surface area contributed by atoms with Crippen molar-refractivity contribution >= 4 is 32.7 Å². The van der Waals surface area contributed by atoms with Crippen LogP contribution >= 0.6 is 0 Å². The van der Waals surface area contributed by atoms with Gasteiger partial charge in [0.05, 0.1) is 17.5 Å². The maximum Gasteiger partial charge on any atom is 0.240 e. The van der Waals surface area contributed by atoms with E-state index in [1.807, 2.05) is 43.3 Å². The van der Waals surface area contributed by atoms with Gasteiger partial charge in [-0.1, -0.05) is 18.2 Å².